The summed E-state index contributed by atoms with van der Waals surface area (Å²) in [4.78, 5) is 20.2. The second-order valence-electron chi connectivity index (χ2n) is 0.860. The third-order valence-corrected chi connectivity index (χ3v) is 0.276. The van der Waals surface area contributed by atoms with E-state index in [4.69, 9.17) is 15.7 Å². The zero-order chi connectivity index (χ0) is 10.2. The van der Waals surface area contributed by atoms with Crippen molar-refractivity contribution in [3.05, 3.63) is 0 Å². The van der Waals surface area contributed by atoms with Crippen molar-refractivity contribution in [1.82, 2.24) is 0 Å². The summed E-state index contributed by atoms with van der Waals surface area (Å²) >= 11 is 0. The Hall–Kier alpha value is 0.940. The molecule has 0 fully saturated rings. The quantitative estimate of drug-likeness (QED) is 0.539. The minimum Gasteiger partial charge on any atom is -0.481 e. The number of rotatable bonds is 3. The molecular weight excluding hydrogens is 158 g/mol. The van der Waals surface area contributed by atoms with E-state index in [1.807, 2.05) is 0 Å². The van der Waals surface area contributed by atoms with E-state index < -0.39 is 24.7 Å². The maximum Gasteiger partial charge on any atom is 0.303 e. The Kier molecular flexibility index (Phi) is 7.54. The number of hydrogen-bond donors (Lipinski definition) is 2. The van der Waals surface area contributed by atoms with E-state index in [1.54, 1.807) is 0 Å². The number of carboxylic acids is 2. The fourth-order valence-corrected chi connectivity index (χ4v) is 0.107. The summed E-state index contributed by atoms with van der Waals surface area (Å²) in [6.07, 6.45) is -6.86. The zero-order valence-electron chi connectivity index (χ0n) is 9.71. The number of hydrogen-bond acceptors (Lipinski definition) is 2. The van der Waals surface area contributed by atoms with Gasteiger partial charge in [0.2, 0.25) is 0 Å². The van der Waals surface area contributed by atoms with Crippen LogP contribution in [0.4, 0.5) is 0 Å². The molecule has 0 amide bonds. The van der Waals surface area contributed by atoms with Crippen molar-refractivity contribution < 1.29 is 25.3 Å². The molecule has 0 aliphatic rings. The monoisotopic (exact) mass is 168 g/mol. The van der Waals surface area contributed by atoms with E-state index in [9.17, 15) is 9.59 Å². The summed E-state index contributed by atoms with van der Waals surface area (Å²) in [5.41, 5.74) is 0. The zero-order valence-corrected chi connectivity index (χ0v) is 9.71. The Bertz CT molecular complexity index is 207. The summed E-state index contributed by atoms with van der Waals surface area (Å²) in [5.74, 6) is -4.29. The molecule has 0 aromatic carbocycles. The van der Waals surface area contributed by atoms with Gasteiger partial charge in [-0.15, -0.1) is 0 Å². The van der Waals surface area contributed by atoms with Crippen LogP contribution in [-0.2, 0) is 9.59 Å². The SMILES string of the molecule is [2H]C([2H])(C(=O)O)C([2H])([2H])C(=O)O.[Na].[Na]. The first-order valence-electron chi connectivity index (χ1n) is 3.61. The molecule has 0 unspecified atom stereocenters. The summed E-state index contributed by atoms with van der Waals surface area (Å²) in [6, 6.07) is 0. The Balaban J connectivity index is -0.000000605. The summed E-state index contributed by atoms with van der Waals surface area (Å²) in [6.45, 7) is 0. The molecule has 2 N–H and O–H groups in total. The van der Waals surface area contributed by atoms with Crippen LogP contribution in [0.3, 0.4) is 0 Å². The summed E-state index contributed by atoms with van der Waals surface area (Å²) in [5, 5.41) is 16.3. The van der Waals surface area contributed by atoms with Crippen molar-refractivity contribution in [2.24, 2.45) is 0 Å². The maximum atomic E-state index is 10.1. The van der Waals surface area contributed by atoms with Gasteiger partial charge in [-0.05, 0) is 0 Å². The topological polar surface area (TPSA) is 74.6 Å². The molecule has 10 heavy (non-hydrogen) atoms. The van der Waals surface area contributed by atoms with Crippen molar-refractivity contribution in [1.29, 1.82) is 0 Å². The average molecular weight is 168 g/mol. The van der Waals surface area contributed by atoms with E-state index in [-0.39, 0.29) is 59.1 Å². The van der Waals surface area contributed by atoms with Gasteiger partial charge < -0.3 is 10.2 Å². The summed E-state index contributed by atoms with van der Waals surface area (Å²) < 4.78 is 26.5. The van der Waals surface area contributed by atoms with Crippen molar-refractivity contribution in [3.8, 4) is 0 Å². The fourth-order valence-electron chi connectivity index (χ4n) is 0.107. The first kappa shape index (κ1) is 7.58. The van der Waals surface area contributed by atoms with Gasteiger partial charge in [0, 0.05) is 64.6 Å². The van der Waals surface area contributed by atoms with Gasteiger partial charge in [0.05, 0.1) is 12.7 Å². The molecule has 0 aromatic rings. The smallest absolute Gasteiger partial charge is 0.303 e. The number of carboxylic acid groups (broad SMARTS) is 2. The molecule has 0 bridgehead atoms. The van der Waals surface area contributed by atoms with Crippen LogP contribution in [0.2, 0.25) is 0 Å². The van der Waals surface area contributed by atoms with Crippen molar-refractivity contribution >= 4 is 71.1 Å². The standard InChI is InChI=1S/C4H6O4.2Na/c5-3(6)1-2-4(7)8;;/h1-2H2,(H,5,6)(H,7,8);;/i1D2,2D2;;. The van der Waals surface area contributed by atoms with E-state index in [1.165, 1.54) is 0 Å². The molecule has 48 valence electrons. The Labute approximate surface area is 108 Å². The van der Waals surface area contributed by atoms with Gasteiger partial charge >= 0.3 is 11.9 Å². The largest absolute Gasteiger partial charge is 0.481 e. The number of aliphatic carboxylic acids is 2. The molecule has 2 radical (unpaired) electrons. The van der Waals surface area contributed by atoms with Crippen LogP contribution >= 0.6 is 0 Å². The van der Waals surface area contributed by atoms with E-state index in [0.29, 0.717) is 0 Å². The van der Waals surface area contributed by atoms with Gasteiger partial charge in [-0.3, -0.25) is 9.59 Å². The van der Waals surface area contributed by atoms with Crippen LogP contribution in [0.5, 0.6) is 0 Å². The van der Waals surface area contributed by atoms with Crippen LogP contribution in [0, 0.1) is 0 Å². The van der Waals surface area contributed by atoms with Gasteiger partial charge in [0.1, 0.15) is 0 Å². The molecule has 0 aromatic heterocycles. The van der Waals surface area contributed by atoms with E-state index >= 15 is 0 Å². The Morgan fingerprint density at radius 1 is 1.10 bits per heavy atom. The van der Waals surface area contributed by atoms with Gasteiger partial charge in [0.15, 0.2) is 0 Å². The third-order valence-electron chi connectivity index (χ3n) is 0.276. The molecular formula is C4H6Na2O4. The molecule has 0 aliphatic heterocycles. The number of carbonyl (C=O) groups is 2. The predicted octanol–water partition coefficient (Wildman–Crippen LogP) is -0.826. The second kappa shape index (κ2) is 9.94. The van der Waals surface area contributed by atoms with Crippen LogP contribution in [-0.4, -0.2) is 81.3 Å². The Morgan fingerprint density at radius 3 is 1.40 bits per heavy atom. The Morgan fingerprint density at radius 2 is 1.30 bits per heavy atom. The molecule has 0 spiro atoms. The van der Waals surface area contributed by atoms with Crippen LogP contribution in [0.15, 0.2) is 0 Å². The van der Waals surface area contributed by atoms with Crippen LogP contribution < -0.4 is 0 Å². The molecule has 0 saturated carbocycles. The summed E-state index contributed by atoms with van der Waals surface area (Å²) in [7, 11) is 0. The van der Waals surface area contributed by atoms with Gasteiger partial charge in [0.25, 0.3) is 0 Å². The average Bonchev–Trinajstić information content (AvgIpc) is 1.86. The predicted molar refractivity (Wildman–Crippen MR) is 36.0 cm³/mol. The molecule has 4 nitrogen and oxygen atoms in total. The van der Waals surface area contributed by atoms with E-state index in [2.05, 4.69) is 0 Å². The van der Waals surface area contributed by atoms with Gasteiger partial charge in [-0.1, -0.05) is 0 Å². The molecule has 0 aliphatic carbocycles. The second-order valence-corrected chi connectivity index (χ2v) is 0.860. The normalized spacial score (nSPS) is 15.6. The molecule has 6 heteroatoms. The first-order valence-corrected chi connectivity index (χ1v) is 1.61. The molecule has 0 rings (SSSR count). The van der Waals surface area contributed by atoms with Crippen molar-refractivity contribution in [3.63, 3.8) is 0 Å². The van der Waals surface area contributed by atoms with Crippen LogP contribution in [0.1, 0.15) is 18.2 Å². The molecule has 0 heterocycles. The minimum absolute atomic E-state index is 0. The van der Waals surface area contributed by atoms with Gasteiger partial charge in [-0.25, -0.2) is 0 Å². The van der Waals surface area contributed by atoms with E-state index in [0.717, 1.165) is 0 Å². The first-order chi connectivity index (χ1) is 5.14. The maximum absolute atomic E-state index is 10.1. The van der Waals surface area contributed by atoms with Gasteiger partial charge in [-0.2, -0.15) is 0 Å². The van der Waals surface area contributed by atoms with Crippen molar-refractivity contribution in [2.45, 2.75) is 12.7 Å². The van der Waals surface area contributed by atoms with Crippen LogP contribution in [0.25, 0.3) is 0 Å². The molecule has 0 saturated heterocycles. The van der Waals surface area contributed by atoms with Crippen molar-refractivity contribution in [2.75, 3.05) is 0 Å². The molecule has 0 atom stereocenters. The minimum atomic E-state index is -3.43. The third kappa shape index (κ3) is 16.0. The fraction of sp³-hybridized carbons (Fsp3) is 0.500.